The number of aliphatic hydroxyl groups excluding tert-OH is 2. The van der Waals surface area contributed by atoms with Crippen LogP contribution in [0.3, 0.4) is 0 Å². The molecule has 5 heteroatoms. The van der Waals surface area contributed by atoms with Gasteiger partial charge in [0.2, 0.25) is 0 Å². The Labute approximate surface area is 206 Å². The number of aliphatic hydroxyl groups is 3. The summed E-state index contributed by atoms with van der Waals surface area (Å²) in [6.07, 6.45) is 7.58. The molecular weight excluding hydrogens is 428 g/mol. The maximum absolute atomic E-state index is 12.5. The Balaban J connectivity index is 1.35. The van der Waals surface area contributed by atoms with E-state index in [-0.39, 0.29) is 40.7 Å². The highest BCUT2D eigenvalue weighted by molar-refractivity contribution is 5.23. The second-order valence-corrected chi connectivity index (χ2v) is 14.5. The molecular formula is C29H48O5. The van der Waals surface area contributed by atoms with E-state index in [1.54, 1.807) is 0 Å². The Bertz CT molecular complexity index is 844. The van der Waals surface area contributed by atoms with Crippen LogP contribution >= 0.6 is 0 Å². The van der Waals surface area contributed by atoms with Crippen molar-refractivity contribution in [1.29, 1.82) is 0 Å². The monoisotopic (exact) mass is 476 g/mol. The van der Waals surface area contributed by atoms with Crippen molar-refractivity contribution in [3.8, 4) is 0 Å². The van der Waals surface area contributed by atoms with Gasteiger partial charge in [0.15, 0.2) is 5.79 Å². The summed E-state index contributed by atoms with van der Waals surface area (Å²) < 4.78 is 13.5. The molecule has 194 valence electrons. The molecule has 6 aliphatic rings. The van der Waals surface area contributed by atoms with Crippen LogP contribution in [0.4, 0.5) is 0 Å². The third-order valence-corrected chi connectivity index (χ3v) is 12.8. The van der Waals surface area contributed by atoms with Crippen LogP contribution in [-0.2, 0) is 9.47 Å². The van der Waals surface area contributed by atoms with Crippen molar-refractivity contribution >= 4 is 0 Å². The predicted molar refractivity (Wildman–Crippen MR) is 130 cm³/mol. The summed E-state index contributed by atoms with van der Waals surface area (Å²) in [6.45, 7) is 13.3. The summed E-state index contributed by atoms with van der Waals surface area (Å²) in [5.74, 6) is 1.11. The summed E-state index contributed by atoms with van der Waals surface area (Å²) in [5, 5.41) is 34.6. The van der Waals surface area contributed by atoms with Gasteiger partial charge in [-0.3, -0.25) is 0 Å². The molecule has 0 aromatic carbocycles. The van der Waals surface area contributed by atoms with Gasteiger partial charge in [-0.1, -0.05) is 27.7 Å². The number of ether oxygens (including phenoxy) is 2. The first-order valence-corrected chi connectivity index (χ1v) is 14.3. The Morgan fingerprint density at radius 1 is 0.941 bits per heavy atom. The maximum atomic E-state index is 12.5. The highest BCUT2D eigenvalue weighted by Gasteiger charge is 2.78. The van der Waals surface area contributed by atoms with Crippen molar-refractivity contribution in [3.63, 3.8) is 0 Å². The van der Waals surface area contributed by atoms with Gasteiger partial charge in [-0.25, -0.2) is 0 Å². The fourth-order valence-electron chi connectivity index (χ4n) is 10.9. The molecule has 3 N–H and O–H groups in total. The van der Waals surface area contributed by atoms with E-state index in [9.17, 15) is 15.3 Å². The molecule has 0 aromatic rings. The maximum Gasteiger partial charge on any atom is 0.198 e. The average Bonchev–Trinajstić information content (AvgIpc) is 3.26. The van der Waals surface area contributed by atoms with Gasteiger partial charge in [-0.05, 0) is 106 Å². The Hall–Kier alpha value is -0.200. The molecule has 2 aliphatic heterocycles. The smallest absolute Gasteiger partial charge is 0.198 e. The SMILES string of the molecule is CC[C@@]1(O)[C@H]2[C@H](C[C@H]3[C@@H]4CC[C@H]5C[C@H](O)CC[C@]5(C)[C@H]4[C@@H](O)C[C@@]32C)O[C@]12C[C@H](C)C(C)(C)O2. The van der Waals surface area contributed by atoms with Gasteiger partial charge in [0.05, 0.1) is 23.9 Å². The van der Waals surface area contributed by atoms with Crippen molar-refractivity contribution in [2.45, 2.75) is 135 Å². The zero-order chi connectivity index (χ0) is 24.5. The minimum Gasteiger partial charge on any atom is -0.393 e. The van der Waals surface area contributed by atoms with Crippen molar-refractivity contribution in [2.75, 3.05) is 0 Å². The van der Waals surface area contributed by atoms with Crippen molar-refractivity contribution < 1.29 is 24.8 Å². The fraction of sp³-hybridized carbons (Fsp3) is 1.00. The molecule has 6 rings (SSSR count). The van der Waals surface area contributed by atoms with Gasteiger partial charge in [0, 0.05) is 12.3 Å². The quantitative estimate of drug-likeness (QED) is 0.513. The highest BCUT2D eigenvalue weighted by atomic mass is 16.7. The second-order valence-electron chi connectivity index (χ2n) is 14.5. The average molecular weight is 477 g/mol. The van der Waals surface area contributed by atoms with Crippen LogP contribution in [0.2, 0.25) is 0 Å². The molecule has 34 heavy (non-hydrogen) atoms. The molecule has 13 atom stereocenters. The largest absolute Gasteiger partial charge is 0.393 e. The third-order valence-electron chi connectivity index (χ3n) is 12.8. The second kappa shape index (κ2) is 7.22. The standard InChI is InChI=1S/C29H48O5/c1-7-28(32)24-22(33-29(28)14-16(2)25(3,4)34-29)13-20-19-9-8-17-12-18(30)10-11-26(17,5)23(19)21(31)15-27(20,24)6/h16-24,30-32H,7-15H2,1-6H3/t16-,17-,18+,19-,20-,21-,22-,23+,24-,26-,27-,28+,29-/m0/s1. The van der Waals surface area contributed by atoms with E-state index >= 15 is 0 Å². The lowest BCUT2D eigenvalue weighted by molar-refractivity contribution is -0.305. The van der Waals surface area contributed by atoms with Crippen molar-refractivity contribution in [2.24, 2.45) is 46.3 Å². The molecule has 0 aromatic heterocycles. The number of fused-ring (bicyclic) bond motifs is 7. The number of rotatable bonds is 1. The van der Waals surface area contributed by atoms with Crippen LogP contribution in [0.25, 0.3) is 0 Å². The van der Waals surface area contributed by atoms with Crippen LogP contribution in [0.15, 0.2) is 0 Å². The lowest BCUT2D eigenvalue weighted by Gasteiger charge is -2.63. The minimum absolute atomic E-state index is 0.00860. The van der Waals surface area contributed by atoms with E-state index in [0.29, 0.717) is 36.0 Å². The molecule has 5 nitrogen and oxygen atoms in total. The Morgan fingerprint density at radius 2 is 1.68 bits per heavy atom. The van der Waals surface area contributed by atoms with Gasteiger partial charge in [-0.15, -0.1) is 0 Å². The first-order valence-electron chi connectivity index (χ1n) is 14.3. The van der Waals surface area contributed by atoms with E-state index in [2.05, 4.69) is 41.5 Å². The summed E-state index contributed by atoms with van der Waals surface area (Å²) >= 11 is 0. The normalized spacial score (nSPS) is 62.2. The van der Waals surface area contributed by atoms with E-state index in [0.717, 1.165) is 51.4 Å². The molecule has 0 amide bonds. The van der Waals surface area contributed by atoms with Crippen LogP contribution < -0.4 is 0 Å². The topological polar surface area (TPSA) is 79.2 Å². The minimum atomic E-state index is -1.04. The van der Waals surface area contributed by atoms with E-state index in [1.807, 2.05) is 0 Å². The molecule has 2 saturated heterocycles. The Kier molecular flexibility index (Phi) is 5.13. The zero-order valence-electron chi connectivity index (χ0n) is 22.2. The molecule has 4 saturated carbocycles. The molecule has 2 heterocycles. The van der Waals surface area contributed by atoms with Gasteiger partial charge in [0.1, 0.15) is 5.60 Å². The zero-order valence-corrected chi connectivity index (χ0v) is 22.2. The predicted octanol–water partition coefficient (Wildman–Crippen LogP) is 4.66. The summed E-state index contributed by atoms with van der Waals surface area (Å²) in [4.78, 5) is 0. The van der Waals surface area contributed by atoms with Crippen LogP contribution in [0.1, 0.15) is 99.3 Å². The van der Waals surface area contributed by atoms with E-state index in [1.165, 1.54) is 0 Å². The van der Waals surface area contributed by atoms with Gasteiger partial charge in [-0.2, -0.15) is 0 Å². The van der Waals surface area contributed by atoms with Gasteiger partial charge >= 0.3 is 0 Å². The van der Waals surface area contributed by atoms with E-state index in [4.69, 9.17) is 9.47 Å². The molecule has 1 spiro atoms. The van der Waals surface area contributed by atoms with Gasteiger partial charge in [0.25, 0.3) is 0 Å². The summed E-state index contributed by atoms with van der Waals surface area (Å²) in [6, 6.07) is 0. The molecule has 0 unspecified atom stereocenters. The van der Waals surface area contributed by atoms with E-state index < -0.39 is 11.4 Å². The van der Waals surface area contributed by atoms with Crippen LogP contribution in [0, 0.1) is 46.3 Å². The van der Waals surface area contributed by atoms with Gasteiger partial charge < -0.3 is 24.8 Å². The van der Waals surface area contributed by atoms with Crippen molar-refractivity contribution in [3.05, 3.63) is 0 Å². The first kappa shape index (κ1) is 24.2. The first-order chi connectivity index (χ1) is 15.8. The molecule has 6 fully saturated rings. The number of hydrogen-bond acceptors (Lipinski definition) is 5. The van der Waals surface area contributed by atoms with Crippen LogP contribution in [0.5, 0.6) is 0 Å². The molecule has 0 radical (unpaired) electrons. The summed E-state index contributed by atoms with van der Waals surface area (Å²) in [5.41, 5.74) is -1.41. The summed E-state index contributed by atoms with van der Waals surface area (Å²) in [7, 11) is 0. The number of hydrogen-bond donors (Lipinski definition) is 3. The van der Waals surface area contributed by atoms with Crippen LogP contribution in [-0.4, -0.2) is 50.6 Å². The fourth-order valence-corrected chi connectivity index (χ4v) is 10.9. The molecule has 0 bridgehead atoms. The third kappa shape index (κ3) is 2.80. The van der Waals surface area contributed by atoms with Crippen molar-refractivity contribution in [1.82, 2.24) is 0 Å². The Morgan fingerprint density at radius 3 is 2.32 bits per heavy atom. The highest BCUT2D eigenvalue weighted by Crippen LogP contribution is 2.73. The molecule has 4 aliphatic carbocycles. The lowest BCUT2D eigenvalue weighted by atomic mass is 9.43. The lowest BCUT2D eigenvalue weighted by Crippen LogP contribution is -2.63.